The van der Waals surface area contributed by atoms with Gasteiger partial charge in [-0.05, 0) is 43.0 Å². The van der Waals surface area contributed by atoms with Crippen LogP contribution in [-0.4, -0.2) is 69.9 Å². The molecule has 0 unspecified atom stereocenters. The summed E-state index contributed by atoms with van der Waals surface area (Å²) in [7, 11) is 0. The molecule has 4 amide bonds. The van der Waals surface area contributed by atoms with Gasteiger partial charge in [0.2, 0.25) is 23.6 Å². The lowest BCUT2D eigenvalue weighted by molar-refractivity contribution is -0.141. The molecule has 0 spiro atoms. The van der Waals surface area contributed by atoms with Crippen molar-refractivity contribution < 1.29 is 29.1 Å². The highest BCUT2D eigenvalue weighted by Crippen LogP contribution is 2.19. The Balaban J connectivity index is 1.44. The zero-order chi connectivity index (χ0) is 33.9. The molecule has 0 saturated heterocycles. The van der Waals surface area contributed by atoms with Crippen LogP contribution in [0.4, 0.5) is 0 Å². The van der Waals surface area contributed by atoms with Gasteiger partial charge in [0.1, 0.15) is 24.2 Å². The number of para-hydroxylation sites is 1. The van der Waals surface area contributed by atoms with Crippen LogP contribution in [-0.2, 0) is 43.2 Å². The molecule has 0 bridgehead atoms. The van der Waals surface area contributed by atoms with E-state index in [9.17, 15) is 29.1 Å². The Morgan fingerprint density at radius 2 is 1.13 bits per heavy atom. The second-order valence-electron chi connectivity index (χ2n) is 11.5. The summed E-state index contributed by atoms with van der Waals surface area (Å²) in [5.74, 6) is -3.73. The lowest BCUT2D eigenvalue weighted by Gasteiger charge is -2.25. The Morgan fingerprint density at radius 1 is 0.638 bits per heavy atom. The zero-order valence-corrected chi connectivity index (χ0v) is 26.2. The Morgan fingerprint density at radius 3 is 1.68 bits per heavy atom. The van der Waals surface area contributed by atoms with Gasteiger partial charge < -0.3 is 37.1 Å². The van der Waals surface area contributed by atoms with Crippen LogP contribution in [0.15, 0.2) is 91.1 Å². The summed E-state index contributed by atoms with van der Waals surface area (Å²) in [5, 5.41) is 20.6. The van der Waals surface area contributed by atoms with Crippen LogP contribution < -0.4 is 27.0 Å². The molecule has 0 aliphatic carbocycles. The summed E-state index contributed by atoms with van der Waals surface area (Å²) in [6.45, 7) is 2.77. The van der Waals surface area contributed by atoms with E-state index in [1.165, 1.54) is 13.8 Å². The standard InChI is InChI=1S/C35H40N6O6/c1-21(31(42)40-29(17-23-11-5-3-6-12-23)34(45)39-22(2)35(46)47)38-33(44)30(18-24-13-7-4-8-14-24)41-32(43)27(36)19-25-20-37-28-16-10-9-15-26(25)28/h3-16,20-22,27,29-30,37H,17-19,36H2,1-2H3,(H,38,44)(H,39,45)(H,40,42)(H,41,43)(H,46,47)/t21-,22-,27-,29-,30-/m1/s1. The number of fused-ring (bicyclic) bond motifs is 1. The zero-order valence-electron chi connectivity index (χ0n) is 26.2. The highest BCUT2D eigenvalue weighted by molar-refractivity contribution is 5.95. The fraction of sp³-hybridized carbons (Fsp3) is 0.286. The summed E-state index contributed by atoms with van der Waals surface area (Å²) < 4.78 is 0. The van der Waals surface area contributed by atoms with E-state index in [0.29, 0.717) is 0 Å². The maximum Gasteiger partial charge on any atom is 0.325 e. The lowest BCUT2D eigenvalue weighted by atomic mass is 10.0. The number of nitrogens with one attached hydrogen (secondary N) is 5. The number of benzene rings is 3. The minimum absolute atomic E-state index is 0.0897. The number of hydrogen-bond donors (Lipinski definition) is 7. The quantitative estimate of drug-likeness (QED) is 0.102. The van der Waals surface area contributed by atoms with Crippen LogP contribution >= 0.6 is 0 Å². The molecule has 0 radical (unpaired) electrons. The number of carboxylic acid groups (broad SMARTS) is 1. The van der Waals surface area contributed by atoms with Crippen molar-refractivity contribution in [3.05, 3.63) is 108 Å². The number of nitrogens with two attached hydrogens (primary N) is 1. The third-order valence-electron chi connectivity index (χ3n) is 7.76. The molecular weight excluding hydrogens is 600 g/mol. The van der Waals surface area contributed by atoms with E-state index in [-0.39, 0.29) is 19.3 Å². The SMILES string of the molecule is C[C@@H](NC(=O)[C@@H](Cc1ccccc1)NC(=O)[C@@H](C)NC(=O)[C@@H](Cc1ccccc1)NC(=O)[C@H](N)Cc1c[nH]c2ccccc12)C(=O)O. The Kier molecular flexibility index (Phi) is 11.8. The van der Waals surface area contributed by atoms with E-state index in [1.54, 1.807) is 36.5 Å². The van der Waals surface area contributed by atoms with Crippen molar-refractivity contribution in [2.45, 2.75) is 63.3 Å². The van der Waals surface area contributed by atoms with Crippen molar-refractivity contribution in [1.29, 1.82) is 0 Å². The minimum Gasteiger partial charge on any atom is -0.480 e. The molecule has 12 nitrogen and oxygen atoms in total. The smallest absolute Gasteiger partial charge is 0.325 e. The third kappa shape index (κ3) is 9.75. The normalized spacial score (nSPS) is 14.2. The molecule has 0 aliphatic rings. The van der Waals surface area contributed by atoms with Crippen molar-refractivity contribution in [3.63, 3.8) is 0 Å². The number of aromatic amines is 1. The van der Waals surface area contributed by atoms with Gasteiger partial charge >= 0.3 is 5.97 Å². The minimum atomic E-state index is -1.23. The lowest BCUT2D eigenvalue weighted by Crippen LogP contribution is -2.58. The summed E-state index contributed by atoms with van der Waals surface area (Å²) >= 11 is 0. The maximum atomic E-state index is 13.5. The molecule has 5 atom stereocenters. The van der Waals surface area contributed by atoms with Crippen molar-refractivity contribution >= 4 is 40.5 Å². The van der Waals surface area contributed by atoms with Crippen LogP contribution in [0, 0.1) is 0 Å². The second kappa shape index (κ2) is 16.2. The first kappa shape index (κ1) is 34.4. The largest absolute Gasteiger partial charge is 0.480 e. The number of carboxylic acids is 1. The molecular formula is C35H40N6O6. The van der Waals surface area contributed by atoms with E-state index >= 15 is 0 Å². The summed E-state index contributed by atoms with van der Waals surface area (Å²) in [5.41, 5.74) is 9.60. The number of hydrogen-bond acceptors (Lipinski definition) is 6. The van der Waals surface area contributed by atoms with Crippen LogP contribution in [0.3, 0.4) is 0 Å². The predicted molar refractivity (Wildman–Crippen MR) is 177 cm³/mol. The molecule has 4 aromatic rings. The van der Waals surface area contributed by atoms with Crippen molar-refractivity contribution in [2.75, 3.05) is 0 Å². The van der Waals surface area contributed by atoms with E-state index < -0.39 is 59.8 Å². The molecule has 3 aromatic carbocycles. The molecule has 0 aliphatic heterocycles. The van der Waals surface area contributed by atoms with Gasteiger partial charge in [-0.25, -0.2) is 0 Å². The van der Waals surface area contributed by atoms with Gasteiger partial charge in [0, 0.05) is 29.9 Å². The highest BCUT2D eigenvalue weighted by Gasteiger charge is 2.30. The summed E-state index contributed by atoms with van der Waals surface area (Å²) in [6.07, 6.45) is 2.27. The average molecular weight is 641 g/mol. The van der Waals surface area contributed by atoms with E-state index in [4.69, 9.17) is 5.73 Å². The molecule has 4 rings (SSSR count). The van der Waals surface area contributed by atoms with Crippen molar-refractivity contribution in [1.82, 2.24) is 26.3 Å². The van der Waals surface area contributed by atoms with Crippen LogP contribution in [0.1, 0.15) is 30.5 Å². The number of carbonyl (C=O) groups excluding carboxylic acids is 4. The van der Waals surface area contributed by atoms with Gasteiger partial charge in [0.05, 0.1) is 6.04 Å². The van der Waals surface area contributed by atoms with E-state index in [2.05, 4.69) is 26.3 Å². The first-order valence-corrected chi connectivity index (χ1v) is 15.3. The molecule has 246 valence electrons. The molecule has 1 aromatic heterocycles. The average Bonchev–Trinajstić information content (AvgIpc) is 3.47. The summed E-state index contributed by atoms with van der Waals surface area (Å²) in [6, 6.07) is 20.3. The number of carbonyl (C=O) groups is 5. The van der Waals surface area contributed by atoms with Crippen molar-refractivity contribution in [3.8, 4) is 0 Å². The number of aliphatic carboxylic acids is 1. The molecule has 47 heavy (non-hydrogen) atoms. The number of amides is 4. The molecule has 8 N–H and O–H groups in total. The Labute approximate surface area is 272 Å². The van der Waals surface area contributed by atoms with Gasteiger partial charge in [0.25, 0.3) is 0 Å². The molecule has 0 fully saturated rings. The Hall–Kier alpha value is -5.49. The fourth-order valence-electron chi connectivity index (χ4n) is 5.08. The van der Waals surface area contributed by atoms with Gasteiger partial charge in [-0.2, -0.15) is 0 Å². The number of aromatic nitrogens is 1. The van der Waals surface area contributed by atoms with Crippen LogP contribution in [0.2, 0.25) is 0 Å². The number of rotatable bonds is 15. The highest BCUT2D eigenvalue weighted by atomic mass is 16.4. The molecule has 0 saturated carbocycles. The van der Waals surface area contributed by atoms with Gasteiger partial charge in [-0.3, -0.25) is 24.0 Å². The third-order valence-corrected chi connectivity index (χ3v) is 7.76. The topological polar surface area (TPSA) is 196 Å². The number of H-pyrrole nitrogens is 1. The van der Waals surface area contributed by atoms with Gasteiger partial charge in [0.15, 0.2) is 0 Å². The fourth-order valence-corrected chi connectivity index (χ4v) is 5.08. The van der Waals surface area contributed by atoms with Crippen molar-refractivity contribution in [2.24, 2.45) is 5.73 Å². The monoisotopic (exact) mass is 640 g/mol. The first-order chi connectivity index (χ1) is 22.5. The molecule has 12 heteroatoms. The van der Waals surface area contributed by atoms with Crippen LogP contribution in [0.25, 0.3) is 10.9 Å². The van der Waals surface area contributed by atoms with Crippen LogP contribution in [0.5, 0.6) is 0 Å². The van der Waals surface area contributed by atoms with Gasteiger partial charge in [-0.1, -0.05) is 78.9 Å². The second-order valence-corrected chi connectivity index (χ2v) is 11.5. The van der Waals surface area contributed by atoms with E-state index in [0.717, 1.165) is 27.6 Å². The Bertz CT molecular complexity index is 1690. The maximum absolute atomic E-state index is 13.5. The van der Waals surface area contributed by atoms with E-state index in [1.807, 2.05) is 54.6 Å². The summed E-state index contributed by atoms with van der Waals surface area (Å²) in [4.78, 5) is 67.6. The predicted octanol–water partition coefficient (Wildman–Crippen LogP) is 1.59. The first-order valence-electron chi connectivity index (χ1n) is 15.3. The van der Waals surface area contributed by atoms with Gasteiger partial charge in [-0.15, -0.1) is 0 Å². The molecule has 1 heterocycles.